The van der Waals surface area contributed by atoms with Crippen LogP contribution in [-0.2, 0) is 10.0 Å². The molecular weight excluding hydrogens is 404 g/mol. The number of amides is 1. The molecule has 4 rings (SSSR count). The minimum Gasteiger partial charge on any atom is -0.454 e. The van der Waals surface area contributed by atoms with E-state index in [1.165, 1.54) is 16.4 Å². The Morgan fingerprint density at radius 3 is 2.43 bits per heavy atom. The van der Waals surface area contributed by atoms with E-state index in [1.54, 1.807) is 30.3 Å². The van der Waals surface area contributed by atoms with Crippen LogP contribution in [0.2, 0.25) is 5.02 Å². The molecule has 1 N–H and O–H groups in total. The lowest BCUT2D eigenvalue weighted by Gasteiger charge is -2.31. The third-order valence-electron chi connectivity index (χ3n) is 4.88. The average Bonchev–Trinajstić information content (AvgIpc) is 3.16. The second-order valence-corrected chi connectivity index (χ2v) is 9.05. The molecule has 1 fully saturated rings. The number of rotatable bonds is 4. The van der Waals surface area contributed by atoms with E-state index in [0.29, 0.717) is 48.0 Å². The second-order valence-electron chi connectivity index (χ2n) is 6.67. The summed E-state index contributed by atoms with van der Waals surface area (Å²) in [6, 6.07) is 11.1. The van der Waals surface area contributed by atoms with Crippen LogP contribution in [0.4, 0.5) is 0 Å². The molecule has 0 radical (unpaired) electrons. The Balaban J connectivity index is 1.36. The van der Waals surface area contributed by atoms with Gasteiger partial charge < -0.3 is 14.8 Å². The quantitative estimate of drug-likeness (QED) is 0.818. The van der Waals surface area contributed by atoms with Gasteiger partial charge in [0.1, 0.15) is 0 Å². The van der Waals surface area contributed by atoms with Gasteiger partial charge in [-0.2, -0.15) is 4.31 Å². The van der Waals surface area contributed by atoms with E-state index in [1.807, 2.05) is 0 Å². The van der Waals surface area contributed by atoms with Gasteiger partial charge in [0.25, 0.3) is 5.91 Å². The summed E-state index contributed by atoms with van der Waals surface area (Å²) in [5.41, 5.74) is 0.487. The molecule has 7 nitrogen and oxygen atoms in total. The molecule has 0 bridgehead atoms. The molecule has 2 aromatic carbocycles. The molecule has 0 unspecified atom stereocenters. The van der Waals surface area contributed by atoms with Crippen LogP contribution in [-0.4, -0.2) is 44.6 Å². The average molecular weight is 423 g/mol. The number of sulfonamides is 1. The summed E-state index contributed by atoms with van der Waals surface area (Å²) in [7, 11) is -3.56. The Labute approximate surface area is 168 Å². The van der Waals surface area contributed by atoms with Gasteiger partial charge in [-0.25, -0.2) is 8.42 Å². The van der Waals surface area contributed by atoms with Crippen molar-refractivity contribution in [3.63, 3.8) is 0 Å². The summed E-state index contributed by atoms with van der Waals surface area (Å²) in [4.78, 5) is 12.7. The van der Waals surface area contributed by atoms with E-state index in [0.717, 1.165) is 0 Å². The highest BCUT2D eigenvalue weighted by atomic mass is 35.5. The smallest absolute Gasteiger partial charge is 0.251 e. The van der Waals surface area contributed by atoms with Gasteiger partial charge in [0.15, 0.2) is 11.5 Å². The summed E-state index contributed by atoms with van der Waals surface area (Å²) in [6.45, 7) is 0.842. The van der Waals surface area contributed by atoms with Crippen molar-refractivity contribution >= 4 is 27.5 Å². The predicted octanol–water partition coefficient (Wildman–Crippen LogP) is 2.65. The first-order valence-corrected chi connectivity index (χ1v) is 10.7. The monoisotopic (exact) mass is 422 g/mol. The number of benzene rings is 2. The van der Waals surface area contributed by atoms with Crippen molar-refractivity contribution in [2.45, 2.75) is 23.8 Å². The topological polar surface area (TPSA) is 84.9 Å². The minimum atomic E-state index is -3.56. The lowest BCUT2D eigenvalue weighted by molar-refractivity contribution is 0.0923. The highest BCUT2D eigenvalue weighted by molar-refractivity contribution is 7.89. The third kappa shape index (κ3) is 3.80. The Hall–Kier alpha value is -2.29. The van der Waals surface area contributed by atoms with Crippen molar-refractivity contribution in [2.24, 2.45) is 0 Å². The van der Waals surface area contributed by atoms with Crippen LogP contribution in [0.1, 0.15) is 23.2 Å². The third-order valence-corrected chi connectivity index (χ3v) is 7.04. The zero-order chi connectivity index (χ0) is 19.7. The zero-order valence-corrected chi connectivity index (χ0v) is 16.5. The fraction of sp³-hybridized carbons (Fsp3) is 0.316. The highest BCUT2D eigenvalue weighted by Crippen LogP contribution is 2.32. The van der Waals surface area contributed by atoms with Gasteiger partial charge in [0.05, 0.1) is 4.90 Å². The molecule has 2 aromatic rings. The first kappa shape index (κ1) is 19.0. The second kappa shape index (κ2) is 7.62. The van der Waals surface area contributed by atoms with Crippen molar-refractivity contribution in [1.29, 1.82) is 0 Å². The number of ether oxygens (including phenoxy) is 2. The number of nitrogens with zero attached hydrogens (tertiary/aromatic N) is 1. The van der Waals surface area contributed by atoms with Crippen LogP contribution in [0.25, 0.3) is 0 Å². The Kier molecular flexibility index (Phi) is 5.18. The van der Waals surface area contributed by atoms with Crippen molar-refractivity contribution in [3.05, 3.63) is 53.1 Å². The number of fused-ring (bicyclic) bond motifs is 1. The van der Waals surface area contributed by atoms with Crippen LogP contribution in [0.3, 0.4) is 0 Å². The summed E-state index contributed by atoms with van der Waals surface area (Å²) in [6.07, 6.45) is 1.09. The maximum absolute atomic E-state index is 12.7. The summed E-state index contributed by atoms with van der Waals surface area (Å²) < 4.78 is 37.4. The van der Waals surface area contributed by atoms with E-state index < -0.39 is 10.0 Å². The number of piperidine rings is 1. The molecule has 1 saturated heterocycles. The van der Waals surface area contributed by atoms with Crippen LogP contribution in [0.15, 0.2) is 47.4 Å². The number of nitrogens with one attached hydrogen (secondary N) is 1. The molecule has 2 aliphatic rings. The van der Waals surface area contributed by atoms with E-state index in [4.69, 9.17) is 21.1 Å². The van der Waals surface area contributed by atoms with Gasteiger partial charge in [0, 0.05) is 29.7 Å². The molecule has 0 saturated carbocycles. The summed E-state index contributed by atoms with van der Waals surface area (Å²) >= 11 is 5.83. The molecule has 0 atom stereocenters. The lowest BCUT2D eigenvalue weighted by atomic mass is 10.1. The zero-order valence-electron chi connectivity index (χ0n) is 14.9. The number of halogens is 1. The molecule has 0 aromatic heterocycles. The van der Waals surface area contributed by atoms with E-state index in [2.05, 4.69) is 5.32 Å². The molecular formula is C19H19ClN2O5S. The van der Waals surface area contributed by atoms with Gasteiger partial charge in [-0.3, -0.25) is 4.79 Å². The fourth-order valence-electron chi connectivity index (χ4n) is 3.30. The number of carbonyl (C=O) groups is 1. The molecule has 148 valence electrons. The minimum absolute atomic E-state index is 0.0883. The van der Waals surface area contributed by atoms with Gasteiger partial charge in [-0.15, -0.1) is 0 Å². The fourth-order valence-corrected chi connectivity index (χ4v) is 4.90. The number of hydrogen-bond acceptors (Lipinski definition) is 5. The van der Waals surface area contributed by atoms with Crippen LogP contribution in [0.5, 0.6) is 11.5 Å². The number of hydrogen-bond donors (Lipinski definition) is 1. The molecule has 0 aliphatic carbocycles. The summed E-state index contributed by atoms with van der Waals surface area (Å²) in [5.74, 6) is 0.964. The first-order chi connectivity index (χ1) is 13.4. The molecule has 1 amide bonds. The van der Waals surface area contributed by atoms with Gasteiger partial charge >= 0.3 is 0 Å². The Morgan fingerprint density at radius 2 is 1.71 bits per heavy atom. The number of carbonyl (C=O) groups excluding carboxylic acids is 1. The SMILES string of the molecule is O=C(NC1CCN(S(=O)(=O)c2ccc(Cl)cc2)CC1)c1ccc2c(c1)OCO2. The lowest BCUT2D eigenvalue weighted by Crippen LogP contribution is -2.46. The molecule has 2 aliphatic heterocycles. The van der Waals surface area contributed by atoms with Crippen LogP contribution in [0, 0.1) is 0 Å². The molecule has 9 heteroatoms. The van der Waals surface area contributed by atoms with Crippen LogP contribution >= 0.6 is 11.6 Å². The standard InChI is InChI=1S/C19H19ClN2O5S/c20-14-2-4-16(5-3-14)28(24,25)22-9-7-15(8-10-22)21-19(23)13-1-6-17-18(11-13)27-12-26-17/h1-6,11,15H,7-10,12H2,(H,21,23). The van der Waals surface area contributed by atoms with Crippen molar-refractivity contribution < 1.29 is 22.7 Å². The highest BCUT2D eigenvalue weighted by Gasteiger charge is 2.30. The normalized spacial score (nSPS) is 17.5. The van der Waals surface area contributed by atoms with Crippen LogP contribution < -0.4 is 14.8 Å². The van der Waals surface area contributed by atoms with Crippen molar-refractivity contribution in [1.82, 2.24) is 9.62 Å². The van der Waals surface area contributed by atoms with Crippen molar-refractivity contribution in [2.75, 3.05) is 19.9 Å². The Morgan fingerprint density at radius 1 is 1.04 bits per heavy atom. The van der Waals surface area contributed by atoms with E-state index >= 15 is 0 Å². The maximum Gasteiger partial charge on any atom is 0.251 e. The van der Waals surface area contributed by atoms with Gasteiger partial charge in [-0.05, 0) is 55.3 Å². The largest absolute Gasteiger partial charge is 0.454 e. The summed E-state index contributed by atoms with van der Waals surface area (Å²) in [5, 5.41) is 3.46. The first-order valence-electron chi connectivity index (χ1n) is 8.90. The van der Waals surface area contributed by atoms with Gasteiger partial charge in [0.2, 0.25) is 16.8 Å². The predicted molar refractivity (Wildman–Crippen MR) is 103 cm³/mol. The molecule has 0 spiro atoms. The van der Waals surface area contributed by atoms with Crippen molar-refractivity contribution in [3.8, 4) is 11.5 Å². The molecule has 28 heavy (non-hydrogen) atoms. The molecule has 2 heterocycles. The van der Waals surface area contributed by atoms with Gasteiger partial charge in [-0.1, -0.05) is 11.6 Å². The van der Waals surface area contributed by atoms with E-state index in [-0.39, 0.29) is 23.6 Å². The Bertz CT molecular complexity index is 986. The maximum atomic E-state index is 12.7. The van der Waals surface area contributed by atoms with E-state index in [9.17, 15) is 13.2 Å².